The SMILES string of the molecule is CC1CCCCC1N(C)CC1CC12CCNCC2. The number of hydrogen-bond donors (Lipinski definition) is 1. The molecule has 0 radical (unpaired) electrons. The minimum atomic E-state index is 0.761. The number of hydrogen-bond acceptors (Lipinski definition) is 2. The van der Waals surface area contributed by atoms with Gasteiger partial charge < -0.3 is 10.2 Å². The summed E-state index contributed by atoms with van der Waals surface area (Å²) in [4.78, 5) is 2.71. The minimum Gasteiger partial charge on any atom is -0.317 e. The van der Waals surface area contributed by atoms with Crippen LogP contribution in [0, 0.1) is 17.3 Å². The highest BCUT2D eigenvalue weighted by Gasteiger charge is 2.53. The van der Waals surface area contributed by atoms with E-state index in [1.54, 1.807) is 0 Å². The van der Waals surface area contributed by atoms with Crippen molar-refractivity contribution < 1.29 is 0 Å². The van der Waals surface area contributed by atoms with Crippen LogP contribution in [0.4, 0.5) is 0 Å². The second-order valence-corrected chi connectivity index (χ2v) is 7.28. The molecule has 0 aromatic rings. The molecule has 2 heteroatoms. The molecule has 0 aromatic heterocycles. The molecule has 2 aliphatic carbocycles. The van der Waals surface area contributed by atoms with Gasteiger partial charge in [-0.1, -0.05) is 19.8 Å². The van der Waals surface area contributed by atoms with Crippen LogP contribution in [0.25, 0.3) is 0 Å². The molecule has 18 heavy (non-hydrogen) atoms. The van der Waals surface area contributed by atoms with Gasteiger partial charge in [-0.2, -0.15) is 0 Å². The van der Waals surface area contributed by atoms with Gasteiger partial charge in [-0.3, -0.25) is 0 Å². The third-order valence-electron chi connectivity index (χ3n) is 6.10. The van der Waals surface area contributed by atoms with Crippen LogP contribution in [0.15, 0.2) is 0 Å². The van der Waals surface area contributed by atoms with Crippen LogP contribution in [0.3, 0.4) is 0 Å². The quantitative estimate of drug-likeness (QED) is 0.828. The maximum Gasteiger partial charge on any atom is 0.0118 e. The third kappa shape index (κ3) is 2.46. The number of nitrogens with zero attached hydrogens (tertiary/aromatic N) is 1. The molecule has 2 saturated carbocycles. The van der Waals surface area contributed by atoms with E-state index in [4.69, 9.17) is 0 Å². The second kappa shape index (κ2) is 5.13. The molecule has 3 aliphatic rings. The predicted octanol–water partition coefficient (Wildman–Crippen LogP) is 2.89. The fraction of sp³-hybridized carbons (Fsp3) is 1.00. The van der Waals surface area contributed by atoms with Crippen molar-refractivity contribution in [2.24, 2.45) is 17.3 Å². The van der Waals surface area contributed by atoms with Crippen molar-refractivity contribution in [3.63, 3.8) is 0 Å². The molecule has 1 heterocycles. The van der Waals surface area contributed by atoms with Gasteiger partial charge in [0.15, 0.2) is 0 Å². The van der Waals surface area contributed by atoms with Gasteiger partial charge in [0.25, 0.3) is 0 Å². The molecular formula is C16H30N2. The predicted molar refractivity (Wildman–Crippen MR) is 76.7 cm³/mol. The normalized spacial score (nSPS) is 39.2. The lowest BCUT2D eigenvalue weighted by molar-refractivity contribution is 0.126. The molecule has 1 N–H and O–H groups in total. The van der Waals surface area contributed by atoms with Crippen LogP contribution < -0.4 is 5.32 Å². The Morgan fingerprint density at radius 3 is 2.61 bits per heavy atom. The number of rotatable bonds is 3. The summed E-state index contributed by atoms with van der Waals surface area (Å²) in [5.74, 6) is 1.94. The van der Waals surface area contributed by atoms with Crippen molar-refractivity contribution in [2.75, 3.05) is 26.7 Å². The average molecular weight is 250 g/mol. The van der Waals surface area contributed by atoms with E-state index in [1.807, 2.05) is 0 Å². The Hall–Kier alpha value is -0.0800. The highest BCUT2D eigenvalue weighted by atomic mass is 15.1. The Labute approximate surface area is 113 Å². The van der Waals surface area contributed by atoms with E-state index in [0.29, 0.717) is 0 Å². The maximum atomic E-state index is 3.51. The van der Waals surface area contributed by atoms with Gasteiger partial charge in [0, 0.05) is 12.6 Å². The Bertz CT molecular complexity index is 283. The standard InChI is InChI=1S/C16H30N2/c1-13-5-3-4-6-15(13)18(2)12-14-11-16(14)7-9-17-10-8-16/h13-15,17H,3-12H2,1-2H3. The molecule has 1 spiro atoms. The van der Waals surface area contributed by atoms with Crippen LogP contribution in [0.2, 0.25) is 0 Å². The Morgan fingerprint density at radius 2 is 1.89 bits per heavy atom. The van der Waals surface area contributed by atoms with Gasteiger partial charge in [0.05, 0.1) is 0 Å². The summed E-state index contributed by atoms with van der Waals surface area (Å²) in [5.41, 5.74) is 0.761. The lowest BCUT2D eigenvalue weighted by Crippen LogP contribution is -2.41. The molecular weight excluding hydrogens is 220 g/mol. The number of piperidine rings is 1. The smallest absolute Gasteiger partial charge is 0.0118 e. The monoisotopic (exact) mass is 250 g/mol. The summed E-state index contributed by atoms with van der Waals surface area (Å²) in [6.07, 6.45) is 10.2. The van der Waals surface area contributed by atoms with E-state index < -0.39 is 0 Å². The molecule has 3 rings (SSSR count). The van der Waals surface area contributed by atoms with Gasteiger partial charge in [-0.05, 0) is 69.5 Å². The van der Waals surface area contributed by atoms with Crippen molar-refractivity contribution in [1.82, 2.24) is 10.2 Å². The molecule has 2 nitrogen and oxygen atoms in total. The summed E-state index contributed by atoms with van der Waals surface area (Å²) in [6, 6.07) is 0.873. The van der Waals surface area contributed by atoms with Crippen LogP contribution in [-0.2, 0) is 0 Å². The van der Waals surface area contributed by atoms with Crippen molar-refractivity contribution >= 4 is 0 Å². The molecule has 3 fully saturated rings. The number of nitrogens with one attached hydrogen (secondary N) is 1. The average Bonchev–Trinajstić information content (AvgIpc) is 3.02. The molecule has 3 unspecified atom stereocenters. The molecule has 1 saturated heterocycles. The van der Waals surface area contributed by atoms with Crippen molar-refractivity contribution in [1.29, 1.82) is 0 Å². The van der Waals surface area contributed by atoms with Crippen molar-refractivity contribution in [2.45, 2.75) is 57.9 Å². The van der Waals surface area contributed by atoms with Gasteiger partial charge in [0.2, 0.25) is 0 Å². The summed E-state index contributed by atoms with van der Waals surface area (Å²) < 4.78 is 0. The fourth-order valence-electron chi connectivity index (χ4n) is 4.66. The third-order valence-corrected chi connectivity index (χ3v) is 6.10. The largest absolute Gasteiger partial charge is 0.317 e. The van der Waals surface area contributed by atoms with E-state index in [2.05, 4.69) is 24.2 Å². The van der Waals surface area contributed by atoms with Crippen LogP contribution in [0.5, 0.6) is 0 Å². The lowest BCUT2D eigenvalue weighted by atomic mass is 9.84. The second-order valence-electron chi connectivity index (χ2n) is 7.28. The van der Waals surface area contributed by atoms with Crippen LogP contribution in [-0.4, -0.2) is 37.6 Å². The highest BCUT2D eigenvalue weighted by Crippen LogP contribution is 2.58. The van der Waals surface area contributed by atoms with E-state index in [0.717, 1.165) is 23.3 Å². The Balaban J connectivity index is 1.51. The topological polar surface area (TPSA) is 15.3 Å². The highest BCUT2D eigenvalue weighted by molar-refractivity contribution is 5.05. The zero-order chi connectivity index (χ0) is 12.6. The molecule has 104 valence electrons. The van der Waals surface area contributed by atoms with Crippen LogP contribution >= 0.6 is 0 Å². The zero-order valence-electron chi connectivity index (χ0n) is 12.3. The van der Waals surface area contributed by atoms with E-state index in [-0.39, 0.29) is 0 Å². The van der Waals surface area contributed by atoms with Crippen LogP contribution in [0.1, 0.15) is 51.9 Å². The summed E-state index contributed by atoms with van der Waals surface area (Å²) >= 11 is 0. The van der Waals surface area contributed by atoms with Gasteiger partial charge >= 0.3 is 0 Å². The fourth-order valence-corrected chi connectivity index (χ4v) is 4.66. The molecule has 1 aliphatic heterocycles. The lowest BCUT2D eigenvalue weighted by Gasteiger charge is -2.37. The van der Waals surface area contributed by atoms with Gasteiger partial charge in [0.1, 0.15) is 0 Å². The van der Waals surface area contributed by atoms with Crippen molar-refractivity contribution in [3.8, 4) is 0 Å². The Kier molecular flexibility index (Phi) is 3.68. The van der Waals surface area contributed by atoms with Gasteiger partial charge in [-0.15, -0.1) is 0 Å². The maximum absolute atomic E-state index is 3.51. The van der Waals surface area contributed by atoms with Gasteiger partial charge in [-0.25, -0.2) is 0 Å². The first-order valence-corrected chi connectivity index (χ1v) is 8.12. The molecule has 0 amide bonds. The minimum absolute atomic E-state index is 0.761. The molecule has 0 aromatic carbocycles. The van der Waals surface area contributed by atoms with E-state index in [9.17, 15) is 0 Å². The molecule has 3 atom stereocenters. The summed E-state index contributed by atoms with van der Waals surface area (Å²) in [7, 11) is 2.39. The van der Waals surface area contributed by atoms with E-state index in [1.165, 1.54) is 64.6 Å². The van der Waals surface area contributed by atoms with E-state index >= 15 is 0 Å². The first-order valence-electron chi connectivity index (χ1n) is 8.12. The van der Waals surface area contributed by atoms with Crippen molar-refractivity contribution in [3.05, 3.63) is 0 Å². The molecule has 0 bridgehead atoms. The summed E-state index contributed by atoms with van der Waals surface area (Å²) in [6.45, 7) is 6.36. The Morgan fingerprint density at radius 1 is 1.17 bits per heavy atom. The zero-order valence-corrected chi connectivity index (χ0v) is 12.3. The first kappa shape index (κ1) is 12.9. The summed E-state index contributed by atoms with van der Waals surface area (Å²) in [5, 5.41) is 3.51. The first-order chi connectivity index (χ1) is 8.71.